The molecule has 4 rings (SSSR count). The molecule has 35 heavy (non-hydrogen) atoms. The van der Waals surface area contributed by atoms with Crippen molar-refractivity contribution >= 4 is 23.7 Å². The Morgan fingerprint density at radius 2 is 1.83 bits per heavy atom. The summed E-state index contributed by atoms with van der Waals surface area (Å²) in [7, 11) is 1.66. The largest absolute Gasteiger partial charge is 0.497 e. The van der Waals surface area contributed by atoms with Gasteiger partial charge in [-0.2, -0.15) is 0 Å². The van der Waals surface area contributed by atoms with Gasteiger partial charge in [0.1, 0.15) is 5.75 Å². The molecule has 0 spiro atoms. The van der Waals surface area contributed by atoms with Crippen molar-refractivity contribution in [3.63, 3.8) is 0 Å². The smallest absolute Gasteiger partial charge is 0.244 e. The normalized spacial score (nSPS) is 12.0. The third kappa shape index (κ3) is 6.39. The third-order valence-corrected chi connectivity index (χ3v) is 6.43. The SMILES string of the molecule is COc1cccc(CSc2nnc(C(C)NC(=O)/C=C/c3ccccc3)n2-c2ccc(C)cc2)c1. The van der Waals surface area contributed by atoms with Crippen LogP contribution >= 0.6 is 11.8 Å². The molecule has 1 atom stereocenters. The van der Waals surface area contributed by atoms with Gasteiger partial charge < -0.3 is 10.1 Å². The van der Waals surface area contributed by atoms with Crippen molar-refractivity contribution in [2.45, 2.75) is 30.8 Å². The van der Waals surface area contributed by atoms with Crippen LogP contribution in [0.1, 0.15) is 35.5 Å². The molecule has 3 aromatic carbocycles. The molecule has 0 aliphatic heterocycles. The molecule has 1 heterocycles. The number of carbonyl (C=O) groups is 1. The number of carbonyl (C=O) groups excluding carboxylic acids is 1. The second-order valence-electron chi connectivity index (χ2n) is 8.13. The average molecular weight is 485 g/mol. The topological polar surface area (TPSA) is 69.0 Å². The third-order valence-electron chi connectivity index (χ3n) is 5.43. The average Bonchev–Trinajstić information content (AvgIpc) is 3.31. The molecule has 0 radical (unpaired) electrons. The van der Waals surface area contributed by atoms with E-state index in [1.807, 2.05) is 72.2 Å². The number of hydrogen-bond acceptors (Lipinski definition) is 5. The number of hydrogen-bond donors (Lipinski definition) is 1. The minimum absolute atomic E-state index is 0.189. The van der Waals surface area contributed by atoms with Crippen LogP contribution < -0.4 is 10.1 Å². The van der Waals surface area contributed by atoms with Crippen LogP contribution in [0.25, 0.3) is 11.8 Å². The summed E-state index contributed by atoms with van der Waals surface area (Å²) in [6.07, 6.45) is 3.33. The van der Waals surface area contributed by atoms with Crippen LogP contribution in [0.4, 0.5) is 0 Å². The summed E-state index contributed by atoms with van der Waals surface area (Å²) in [5, 5.41) is 12.7. The van der Waals surface area contributed by atoms with Gasteiger partial charge in [0, 0.05) is 17.5 Å². The number of methoxy groups -OCH3 is 1. The molecule has 1 amide bonds. The summed E-state index contributed by atoms with van der Waals surface area (Å²) in [6, 6.07) is 25.6. The molecule has 0 bridgehead atoms. The van der Waals surface area contributed by atoms with E-state index in [-0.39, 0.29) is 11.9 Å². The number of aromatic nitrogens is 3. The first-order valence-electron chi connectivity index (χ1n) is 11.3. The van der Waals surface area contributed by atoms with Gasteiger partial charge in [-0.1, -0.05) is 71.9 Å². The second kappa shape index (κ2) is 11.5. The van der Waals surface area contributed by atoms with Crippen molar-refractivity contribution in [3.05, 3.63) is 107 Å². The molecule has 0 saturated heterocycles. The zero-order chi connectivity index (χ0) is 24.6. The maximum Gasteiger partial charge on any atom is 0.244 e. The Kier molecular flexibility index (Phi) is 8.00. The van der Waals surface area contributed by atoms with Crippen LogP contribution in [0.5, 0.6) is 5.75 Å². The molecular weight excluding hydrogens is 456 g/mol. The molecule has 0 saturated carbocycles. The molecule has 1 N–H and O–H groups in total. The monoisotopic (exact) mass is 484 g/mol. The Balaban J connectivity index is 1.56. The number of rotatable bonds is 9. The van der Waals surface area contributed by atoms with Crippen LogP contribution in [0.15, 0.2) is 90.1 Å². The van der Waals surface area contributed by atoms with Gasteiger partial charge in [-0.05, 0) is 55.3 Å². The lowest BCUT2D eigenvalue weighted by molar-refractivity contribution is -0.117. The number of amides is 1. The van der Waals surface area contributed by atoms with Crippen molar-refractivity contribution in [2.24, 2.45) is 0 Å². The van der Waals surface area contributed by atoms with Gasteiger partial charge in [-0.15, -0.1) is 10.2 Å². The van der Waals surface area contributed by atoms with Crippen molar-refractivity contribution < 1.29 is 9.53 Å². The first kappa shape index (κ1) is 24.3. The Morgan fingerprint density at radius 1 is 1.06 bits per heavy atom. The van der Waals surface area contributed by atoms with Gasteiger partial charge in [0.05, 0.1) is 13.2 Å². The second-order valence-corrected chi connectivity index (χ2v) is 9.07. The van der Waals surface area contributed by atoms with Crippen LogP contribution in [-0.4, -0.2) is 27.8 Å². The van der Waals surface area contributed by atoms with Crippen molar-refractivity contribution in [2.75, 3.05) is 7.11 Å². The van der Waals surface area contributed by atoms with E-state index in [0.29, 0.717) is 11.6 Å². The fourth-order valence-electron chi connectivity index (χ4n) is 3.56. The number of ether oxygens (including phenoxy) is 1. The van der Waals surface area contributed by atoms with E-state index >= 15 is 0 Å². The van der Waals surface area contributed by atoms with Crippen LogP contribution in [0.3, 0.4) is 0 Å². The molecule has 1 unspecified atom stereocenters. The van der Waals surface area contributed by atoms with E-state index in [9.17, 15) is 4.79 Å². The first-order valence-corrected chi connectivity index (χ1v) is 12.3. The van der Waals surface area contributed by atoms with Crippen LogP contribution in [0, 0.1) is 6.92 Å². The number of benzene rings is 3. The molecule has 178 valence electrons. The highest BCUT2D eigenvalue weighted by molar-refractivity contribution is 7.98. The van der Waals surface area contributed by atoms with E-state index in [2.05, 4.69) is 40.6 Å². The van der Waals surface area contributed by atoms with E-state index < -0.39 is 0 Å². The Bertz CT molecular complexity index is 1300. The van der Waals surface area contributed by atoms with Crippen LogP contribution in [0.2, 0.25) is 0 Å². The van der Waals surface area contributed by atoms with Crippen molar-refractivity contribution in [1.82, 2.24) is 20.1 Å². The molecule has 0 aliphatic rings. The molecule has 4 aromatic rings. The van der Waals surface area contributed by atoms with Crippen molar-refractivity contribution in [1.29, 1.82) is 0 Å². The van der Waals surface area contributed by atoms with E-state index in [1.165, 1.54) is 11.6 Å². The number of aryl methyl sites for hydroxylation is 1. The lowest BCUT2D eigenvalue weighted by atomic mass is 10.2. The summed E-state index contributed by atoms with van der Waals surface area (Å²) >= 11 is 1.59. The van der Waals surface area contributed by atoms with Gasteiger partial charge in [-0.3, -0.25) is 9.36 Å². The number of nitrogens with zero attached hydrogens (tertiary/aromatic N) is 3. The first-order chi connectivity index (χ1) is 17.0. The molecule has 0 aliphatic carbocycles. The lowest BCUT2D eigenvalue weighted by Crippen LogP contribution is -2.27. The van der Waals surface area contributed by atoms with Gasteiger partial charge in [0.25, 0.3) is 0 Å². The van der Waals surface area contributed by atoms with Gasteiger partial charge >= 0.3 is 0 Å². The van der Waals surface area contributed by atoms with E-state index in [4.69, 9.17) is 4.74 Å². The molecule has 0 fully saturated rings. The number of nitrogens with one attached hydrogen (secondary N) is 1. The van der Waals surface area contributed by atoms with Crippen molar-refractivity contribution in [3.8, 4) is 11.4 Å². The highest BCUT2D eigenvalue weighted by Crippen LogP contribution is 2.28. The fraction of sp³-hybridized carbons (Fsp3) is 0.179. The minimum Gasteiger partial charge on any atom is -0.497 e. The Labute approximate surface area is 210 Å². The molecule has 1 aromatic heterocycles. The van der Waals surface area contributed by atoms with Gasteiger partial charge in [0.15, 0.2) is 11.0 Å². The predicted octanol–water partition coefficient (Wildman–Crippen LogP) is 5.77. The zero-order valence-corrected chi connectivity index (χ0v) is 20.8. The highest BCUT2D eigenvalue weighted by Gasteiger charge is 2.20. The molecular formula is C28H28N4O2S. The maximum absolute atomic E-state index is 12.6. The standard InChI is InChI=1S/C28H28N4O2S/c1-20-12-15-24(16-13-20)32-27(21(2)29-26(33)17-14-22-8-5-4-6-9-22)30-31-28(32)35-19-23-10-7-11-25(18-23)34-3/h4-18,21H,19H2,1-3H3,(H,29,33)/b17-14+. The van der Waals surface area contributed by atoms with Gasteiger partial charge in [-0.25, -0.2) is 0 Å². The Hall–Kier alpha value is -3.84. The summed E-state index contributed by atoms with van der Waals surface area (Å²) in [5.74, 6) is 2.01. The Morgan fingerprint density at radius 3 is 2.57 bits per heavy atom. The minimum atomic E-state index is -0.345. The summed E-state index contributed by atoms with van der Waals surface area (Å²) in [5.41, 5.74) is 4.21. The summed E-state index contributed by atoms with van der Waals surface area (Å²) in [6.45, 7) is 3.97. The van der Waals surface area contributed by atoms with Gasteiger partial charge in [0.2, 0.25) is 5.91 Å². The molecule has 6 nitrogen and oxygen atoms in total. The van der Waals surface area contributed by atoms with Crippen LogP contribution in [-0.2, 0) is 10.5 Å². The lowest BCUT2D eigenvalue weighted by Gasteiger charge is -2.16. The quantitative estimate of drug-likeness (QED) is 0.241. The highest BCUT2D eigenvalue weighted by atomic mass is 32.2. The van der Waals surface area contributed by atoms with E-state index in [1.54, 1.807) is 24.9 Å². The zero-order valence-electron chi connectivity index (χ0n) is 20.0. The maximum atomic E-state index is 12.6. The number of thioether (sulfide) groups is 1. The summed E-state index contributed by atoms with van der Waals surface area (Å²) in [4.78, 5) is 12.6. The fourth-order valence-corrected chi connectivity index (χ4v) is 4.47. The molecule has 7 heteroatoms. The summed E-state index contributed by atoms with van der Waals surface area (Å²) < 4.78 is 7.35. The predicted molar refractivity (Wildman–Crippen MR) is 141 cm³/mol. The van der Waals surface area contributed by atoms with E-state index in [0.717, 1.165) is 27.7 Å².